The van der Waals surface area contributed by atoms with Gasteiger partial charge in [0.15, 0.2) is 0 Å². The fourth-order valence-electron chi connectivity index (χ4n) is 3.39. The monoisotopic (exact) mass is 336 g/mol. The van der Waals surface area contributed by atoms with Gasteiger partial charge in [0, 0.05) is 11.3 Å². The van der Waals surface area contributed by atoms with E-state index in [1.807, 2.05) is 30.3 Å². The van der Waals surface area contributed by atoms with E-state index in [1.165, 1.54) is 6.92 Å². The number of fused-ring (bicyclic) bond motifs is 1. The van der Waals surface area contributed by atoms with Crippen LogP contribution in [0.2, 0.25) is 0 Å². The Morgan fingerprint density at radius 3 is 2.32 bits per heavy atom. The molecule has 128 valence electrons. The van der Waals surface area contributed by atoms with Crippen LogP contribution in [0.25, 0.3) is 11.0 Å². The summed E-state index contributed by atoms with van der Waals surface area (Å²) in [6.07, 6.45) is 0. The van der Waals surface area contributed by atoms with Gasteiger partial charge < -0.3 is 9.52 Å². The molecule has 0 saturated carbocycles. The first kappa shape index (κ1) is 17.0. The minimum Gasteiger partial charge on any atom is -0.507 e. The summed E-state index contributed by atoms with van der Waals surface area (Å²) < 4.78 is 5.44. The Balaban J connectivity index is 2.41. The maximum Gasteiger partial charge on any atom is 0.344 e. The number of rotatable bonds is 4. The predicted molar refractivity (Wildman–Crippen MR) is 96.9 cm³/mol. The molecule has 1 N–H and O–H groups in total. The lowest BCUT2D eigenvalue weighted by atomic mass is 9.66. The van der Waals surface area contributed by atoms with Gasteiger partial charge in [0.05, 0.1) is 10.9 Å². The number of carbonyl (C=O) groups is 1. The van der Waals surface area contributed by atoms with Crippen LogP contribution < -0.4 is 5.63 Å². The molecular weight excluding hydrogens is 316 g/mol. The van der Waals surface area contributed by atoms with Crippen molar-refractivity contribution >= 4 is 16.8 Å². The smallest absolute Gasteiger partial charge is 0.344 e. The van der Waals surface area contributed by atoms with Crippen LogP contribution in [0.3, 0.4) is 0 Å². The first-order valence-electron chi connectivity index (χ1n) is 8.18. The molecule has 0 radical (unpaired) electrons. The van der Waals surface area contributed by atoms with Gasteiger partial charge in [-0.25, -0.2) is 4.79 Å². The lowest BCUT2D eigenvalue weighted by Crippen LogP contribution is -2.39. The van der Waals surface area contributed by atoms with Crippen molar-refractivity contribution in [1.82, 2.24) is 0 Å². The zero-order valence-corrected chi connectivity index (χ0v) is 14.4. The number of aromatic hydroxyl groups is 1. The SMILES string of the molecule is CC(=O)C(C)C(C)(c1ccccc1)c1c(O)c2ccccc2oc1=O. The molecule has 4 heteroatoms. The van der Waals surface area contributed by atoms with Crippen LogP contribution in [0.1, 0.15) is 31.9 Å². The summed E-state index contributed by atoms with van der Waals surface area (Å²) in [6.45, 7) is 5.06. The molecule has 0 bridgehead atoms. The zero-order valence-electron chi connectivity index (χ0n) is 14.4. The fourth-order valence-corrected chi connectivity index (χ4v) is 3.39. The Labute approximate surface area is 145 Å². The van der Waals surface area contributed by atoms with Gasteiger partial charge in [0.2, 0.25) is 0 Å². The van der Waals surface area contributed by atoms with Gasteiger partial charge in [0.25, 0.3) is 0 Å². The number of para-hydroxylation sites is 1. The first-order chi connectivity index (χ1) is 11.9. The summed E-state index contributed by atoms with van der Waals surface area (Å²) in [5, 5.41) is 11.3. The second kappa shape index (κ2) is 6.20. The Bertz CT molecular complexity index is 988. The maximum atomic E-state index is 12.8. The number of benzene rings is 2. The highest BCUT2D eigenvalue weighted by Gasteiger charge is 2.42. The Morgan fingerprint density at radius 1 is 1.08 bits per heavy atom. The summed E-state index contributed by atoms with van der Waals surface area (Å²) in [5.41, 5.74) is -0.437. The summed E-state index contributed by atoms with van der Waals surface area (Å²) in [7, 11) is 0. The molecular formula is C21H20O4. The molecule has 0 amide bonds. The largest absolute Gasteiger partial charge is 0.507 e. The molecule has 0 fully saturated rings. The Hall–Kier alpha value is -2.88. The third-order valence-electron chi connectivity index (χ3n) is 5.15. The molecule has 0 spiro atoms. The third kappa shape index (κ3) is 2.64. The minimum absolute atomic E-state index is 0.0710. The van der Waals surface area contributed by atoms with E-state index >= 15 is 0 Å². The van der Waals surface area contributed by atoms with Crippen molar-refractivity contribution in [2.45, 2.75) is 26.2 Å². The number of hydrogen-bond donors (Lipinski definition) is 1. The van der Waals surface area contributed by atoms with Crippen molar-refractivity contribution in [2.75, 3.05) is 0 Å². The molecule has 1 heterocycles. The molecule has 0 aliphatic heterocycles. The van der Waals surface area contributed by atoms with Gasteiger partial charge >= 0.3 is 5.63 Å². The third-order valence-corrected chi connectivity index (χ3v) is 5.15. The van der Waals surface area contributed by atoms with Crippen LogP contribution in [-0.4, -0.2) is 10.9 Å². The highest BCUT2D eigenvalue weighted by molar-refractivity contribution is 5.86. The van der Waals surface area contributed by atoms with Crippen LogP contribution in [0.4, 0.5) is 0 Å². The van der Waals surface area contributed by atoms with E-state index in [1.54, 1.807) is 38.1 Å². The molecule has 0 saturated heterocycles. The second-order valence-corrected chi connectivity index (χ2v) is 6.51. The van der Waals surface area contributed by atoms with Gasteiger partial charge in [-0.1, -0.05) is 56.3 Å². The Kier molecular flexibility index (Phi) is 4.21. The van der Waals surface area contributed by atoms with E-state index < -0.39 is 17.0 Å². The highest BCUT2D eigenvalue weighted by atomic mass is 16.4. The van der Waals surface area contributed by atoms with Gasteiger partial charge in [-0.2, -0.15) is 0 Å². The van der Waals surface area contributed by atoms with Gasteiger partial charge in [-0.15, -0.1) is 0 Å². The van der Waals surface area contributed by atoms with Crippen molar-refractivity contribution in [1.29, 1.82) is 0 Å². The van der Waals surface area contributed by atoms with Crippen molar-refractivity contribution in [3.05, 3.63) is 76.1 Å². The van der Waals surface area contributed by atoms with E-state index in [4.69, 9.17) is 4.42 Å². The van der Waals surface area contributed by atoms with E-state index in [0.717, 1.165) is 5.56 Å². The van der Waals surface area contributed by atoms with Crippen LogP contribution in [-0.2, 0) is 10.2 Å². The maximum absolute atomic E-state index is 12.8. The Morgan fingerprint density at radius 2 is 1.68 bits per heavy atom. The summed E-state index contributed by atoms with van der Waals surface area (Å²) >= 11 is 0. The molecule has 25 heavy (non-hydrogen) atoms. The van der Waals surface area contributed by atoms with Gasteiger partial charge in [0.1, 0.15) is 17.1 Å². The first-order valence-corrected chi connectivity index (χ1v) is 8.18. The van der Waals surface area contributed by atoms with Gasteiger partial charge in [-0.05, 0) is 24.6 Å². The molecule has 2 aromatic carbocycles. The van der Waals surface area contributed by atoms with Crippen molar-refractivity contribution in [2.24, 2.45) is 5.92 Å². The number of Topliss-reactive ketones (excluding diaryl/α,β-unsaturated/α-hetero) is 1. The zero-order chi connectivity index (χ0) is 18.2. The van der Waals surface area contributed by atoms with E-state index in [2.05, 4.69) is 0 Å². The van der Waals surface area contributed by atoms with Crippen molar-refractivity contribution < 1.29 is 14.3 Å². The second-order valence-electron chi connectivity index (χ2n) is 6.51. The van der Waals surface area contributed by atoms with E-state index in [-0.39, 0.29) is 17.1 Å². The van der Waals surface area contributed by atoms with Crippen molar-refractivity contribution in [3.8, 4) is 5.75 Å². The molecule has 2 atom stereocenters. The molecule has 0 aliphatic carbocycles. The van der Waals surface area contributed by atoms with Gasteiger partial charge in [-0.3, -0.25) is 4.79 Å². The molecule has 4 nitrogen and oxygen atoms in total. The fraction of sp³-hybridized carbons (Fsp3) is 0.238. The molecule has 0 aliphatic rings. The minimum atomic E-state index is -1.01. The molecule has 3 aromatic rings. The number of hydrogen-bond acceptors (Lipinski definition) is 4. The van der Waals surface area contributed by atoms with E-state index in [9.17, 15) is 14.7 Å². The lowest BCUT2D eigenvalue weighted by molar-refractivity contribution is -0.121. The van der Waals surface area contributed by atoms with Crippen molar-refractivity contribution in [3.63, 3.8) is 0 Å². The highest BCUT2D eigenvalue weighted by Crippen LogP contribution is 2.43. The average Bonchev–Trinajstić information content (AvgIpc) is 2.61. The van der Waals surface area contributed by atoms with Crippen LogP contribution in [0.15, 0.2) is 63.8 Å². The summed E-state index contributed by atoms with van der Waals surface area (Å²) in [6, 6.07) is 16.1. The van der Waals surface area contributed by atoms with Crippen LogP contribution in [0.5, 0.6) is 5.75 Å². The van der Waals surface area contributed by atoms with Crippen LogP contribution >= 0.6 is 0 Å². The lowest BCUT2D eigenvalue weighted by Gasteiger charge is -2.35. The average molecular weight is 336 g/mol. The number of ketones is 1. The summed E-state index contributed by atoms with van der Waals surface area (Å²) in [4.78, 5) is 25.0. The standard InChI is InChI=1S/C21H20O4/c1-13(14(2)22)21(3,15-9-5-4-6-10-15)18-19(23)16-11-7-8-12-17(16)25-20(18)24/h4-13,23H,1-3H3. The summed E-state index contributed by atoms with van der Waals surface area (Å²) in [5.74, 6) is -0.727. The topological polar surface area (TPSA) is 67.5 Å². The molecule has 2 unspecified atom stereocenters. The van der Waals surface area contributed by atoms with Crippen LogP contribution in [0, 0.1) is 5.92 Å². The quantitative estimate of drug-likeness (QED) is 0.731. The predicted octanol–water partition coefficient (Wildman–Crippen LogP) is 4.03. The number of carbonyl (C=O) groups excluding carboxylic acids is 1. The molecule has 1 aromatic heterocycles. The molecule has 3 rings (SSSR count). The van der Waals surface area contributed by atoms with E-state index in [0.29, 0.717) is 11.0 Å². The normalized spacial score (nSPS) is 14.8.